The van der Waals surface area contributed by atoms with Gasteiger partial charge in [0.05, 0.1) is 12.8 Å². The van der Waals surface area contributed by atoms with Gasteiger partial charge in [-0.1, -0.05) is 19.1 Å². The second-order valence-electron chi connectivity index (χ2n) is 3.81. The van der Waals surface area contributed by atoms with E-state index in [1.54, 1.807) is 19.2 Å². The molecule has 0 aliphatic heterocycles. The lowest BCUT2D eigenvalue weighted by molar-refractivity contribution is 0.103. The van der Waals surface area contributed by atoms with E-state index >= 15 is 0 Å². The van der Waals surface area contributed by atoms with Gasteiger partial charge in [-0.15, -0.1) is 0 Å². The van der Waals surface area contributed by atoms with Gasteiger partial charge >= 0.3 is 0 Å². The minimum Gasteiger partial charge on any atom is -0.497 e. The number of aromatic nitrogens is 1. The number of hydrogen-bond acceptors (Lipinski definition) is 2. The Bertz CT molecular complexity index is 529. The summed E-state index contributed by atoms with van der Waals surface area (Å²) in [5.41, 5.74) is 2.32. The number of methoxy groups -OCH3 is 1. The fraction of sp³-hybridized carbons (Fsp3) is 0.214. The molecule has 3 nitrogen and oxygen atoms in total. The first-order chi connectivity index (χ1) is 8.24. The van der Waals surface area contributed by atoms with E-state index in [2.05, 4.69) is 4.98 Å². The molecule has 1 heterocycles. The maximum Gasteiger partial charge on any atom is 0.209 e. The molecule has 2 aromatic rings. The van der Waals surface area contributed by atoms with Crippen molar-refractivity contribution in [1.29, 1.82) is 0 Å². The minimum atomic E-state index is -0.0106. The number of rotatable bonds is 4. The van der Waals surface area contributed by atoms with Crippen molar-refractivity contribution >= 4 is 5.78 Å². The molecule has 17 heavy (non-hydrogen) atoms. The summed E-state index contributed by atoms with van der Waals surface area (Å²) in [4.78, 5) is 15.3. The van der Waals surface area contributed by atoms with Crippen LogP contribution in [-0.2, 0) is 6.42 Å². The highest BCUT2D eigenvalue weighted by Gasteiger charge is 2.11. The van der Waals surface area contributed by atoms with E-state index in [9.17, 15) is 4.79 Å². The lowest BCUT2D eigenvalue weighted by Gasteiger charge is -2.02. The minimum absolute atomic E-state index is 0.0106. The molecule has 0 unspecified atom stereocenters. The molecule has 1 aromatic heterocycles. The normalized spacial score (nSPS) is 10.2. The predicted octanol–water partition coefficient (Wildman–Crippen LogP) is 2.82. The molecule has 1 N–H and O–H groups in total. The summed E-state index contributed by atoms with van der Waals surface area (Å²) in [6.45, 7) is 2.05. The van der Waals surface area contributed by atoms with Gasteiger partial charge in [0.2, 0.25) is 5.78 Å². The maximum absolute atomic E-state index is 12.2. The molecule has 0 amide bonds. The summed E-state index contributed by atoms with van der Waals surface area (Å²) < 4.78 is 5.10. The molecule has 0 radical (unpaired) electrons. The molecule has 0 spiro atoms. The molecule has 0 saturated carbocycles. The van der Waals surface area contributed by atoms with Crippen molar-refractivity contribution in [2.75, 3.05) is 7.11 Å². The Morgan fingerprint density at radius 3 is 2.76 bits per heavy atom. The number of H-pyrrole nitrogens is 1. The lowest BCUT2D eigenvalue weighted by Crippen LogP contribution is -2.02. The van der Waals surface area contributed by atoms with Crippen molar-refractivity contribution in [2.45, 2.75) is 13.3 Å². The van der Waals surface area contributed by atoms with E-state index in [-0.39, 0.29) is 5.78 Å². The van der Waals surface area contributed by atoms with Crippen molar-refractivity contribution in [1.82, 2.24) is 4.98 Å². The van der Waals surface area contributed by atoms with E-state index in [1.807, 2.05) is 31.2 Å². The average Bonchev–Trinajstić information content (AvgIpc) is 2.86. The largest absolute Gasteiger partial charge is 0.497 e. The topological polar surface area (TPSA) is 42.1 Å². The van der Waals surface area contributed by atoms with Gasteiger partial charge in [0.25, 0.3) is 0 Å². The molecule has 2 rings (SSSR count). The molecule has 0 fully saturated rings. The molecule has 1 aromatic carbocycles. The number of aryl methyl sites for hydroxylation is 1. The molecule has 0 aliphatic carbocycles. The zero-order valence-corrected chi connectivity index (χ0v) is 9.99. The standard InChI is InChI=1S/C14H15NO2/c1-3-11-7-8-13(15-11)14(16)10-5-4-6-12(9-10)17-2/h4-9,15H,3H2,1-2H3. The zero-order valence-electron chi connectivity index (χ0n) is 9.99. The molecule has 0 aliphatic rings. The molecule has 0 saturated heterocycles. The van der Waals surface area contributed by atoms with E-state index in [0.29, 0.717) is 17.0 Å². The van der Waals surface area contributed by atoms with Gasteiger partial charge in [-0.05, 0) is 30.7 Å². The summed E-state index contributed by atoms with van der Waals surface area (Å²) in [6, 6.07) is 10.9. The predicted molar refractivity (Wildman–Crippen MR) is 66.6 cm³/mol. The molecule has 0 bridgehead atoms. The highest BCUT2D eigenvalue weighted by Crippen LogP contribution is 2.16. The number of ether oxygens (including phenoxy) is 1. The molecule has 88 valence electrons. The summed E-state index contributed by atoms with van der Waals surface area (Å²) in [7, 11) is 1.59. The van der Waals surface area contributed by atoms with Crippen LogP contribution in [-0.4, -0.2) is 17.9 Å². The van der Waals surface area contributed by atoms with Crippen LogP contribution in [0.15, 0.2) is 36.4 Å². The highest BCUT2D eigenvalue weighted by molar-refractivity contribution is 6.08. The summed E-state index contributed by atoms with van der Waals surface area (Å²) in [5, 5.41) is 0. The van der Waals surface area contributed by atoms with Crippen LogP contribution >= 0.6 is 0 Å². The van der Waals surface area contributed by atoms with E-state index in [0.717, 1.165) is 12.1 Å². The van der Waals surface area contributed by atoms with Crippen molar-refractivity contribution in [2.24, 2.45) is 0 Å². The number of hydrogen-bond donors (Lipinski definition) is 1. The van der Waals surface area contributed by atoms with Crippen molar-refractivity contribution in [3.05, 3.63) is 53.3 Å². The van der Waals surface area contributed by atoms with Crippen LogP contribution in [0.1, 0.15) is 28.7 Å². The van der Waals surface area contributed by atoms with Crippen LogP contribution in [0.25, 0.3) is 0 Å². The third kappa shape index (κ3) is 2.38. The Labute approximate surface area is 100 Å². The third-order valence-corrected chi connectivity index (χ3v) is 2.70. The molecular formula is C14H15NO2. The highest BCUT2D eigenvalue weighted by atomic mass is 16.5. The van der Waals surface area contributed by atoms with Gasteiger partial charge in [0, 0.05) is 11.3 Å². The number of carbonyl (C=O) groups excluding carboxylic acids is 1. The van der Waals surface area contributed by atoms with Crippen molar-refractivity contribution in [3.8, 4) is 5.75 Å². The maximum atomic E-state index is 12.2. The summed E-state index contributed by atoms with van der Waals surface area (Å²) in [5.74, 6) is 0.682. The lowest BCUT2D eigenvalue weighted by atomic mass is 10.1. The number of benzene rings is 1. The fourth-order valence-corrected chi connectivity index (χ4v) is 1.70. The van der Waals surface area contributed by atoms with Gasteiger partial charge in [-0.3, -0.25) is 4.79 Å². The SMILES string of the molecule is CCc1ccc(C(=O)c2cccc(OC)c2)[nH]1. The number of nitrogens with one attached hydrogen (secondary N) is 1. The number of carbonyl (C=O) groups is 1. The number of ketones is 1. The first-order valence-corrected chi connectivity index (χ1v) is 5.61. The smallest absolute Gasteiger partial charge is 0.209 e. The van der Waals surface area contributed by atoms with Gasteiger partial charge in [-0.2, -0.15) is 0 Å². The number of aromatic amines is 1. The van der Waals surface area contributed by atoms with Gasteiger partial charge in [0.1, 0.15) is 5.75 Å². The molecule has 3 heteroatoms. The van der Waals surface area contributed by atoms with Crippen molar-refractivity contribution in [3.63, 3.8) is 0 Å². The first-order valence-electron chi connectivity index (χ1n) is 5.61. The first kappa shape index (κ1) is 11.5. The van der Waals surface area contributed by atoms with E-state index < -0.39 is 0 Å². The fourth-order valence-electron chi connectivity index (χ4n) is 1.70. The van der Waals surface area contributed by atoms with Crippen LogP contribution in [0.4, 0.5) is 0 Å². The van der Waals surface area contributed by atoms with Gasteiger partial charge in [0.15, 0.2) is 0 Å². The Balaban J connectivity index is 2.29. The summed E-state index contributed by atoms with van der Waals surface area (Å²) >= 11 is 0. The van der Waals surface area contributed by atoms with Gasteiger partial charge in [-0.25, -0.2) is 0 Å². The average molecular weight is 229 g/mol. The van der Waals surface area contributed by atoms with Crippen LogP contribution in [0, 0.1) is 0 Å². The van der Waals surface area contributed by atoms with Crippen LogP contribution in [0.3, 0.4) is 0 Å². The molecule has 0 atom stereocenters. The van der Waals surface area contributed by atoms with Crippen LogP contribution in [0.5, 0.6) is 5.75 Å². The van der Waals surface area contributed by atoms with Gasteiger partial charge < -0.3 is 9.72 Å². The molecular weight excluding hydrogens is 214 g/mol. The van der Waals surface area contributed by atoms with Crippen LogP contribution in [0.2, 0.25) is 0 Å². The second kappa shape index (κ2) is 4.87. The Morgan fingerprint density at radius 1 is 1.29 bits per heavy atom. The van der Waals surface area contributed by atoms with Crippen LogP contribution < -0.4 is 4.74 Å². The second-order valence-corrected chi connectivity index (χ2v) is 3.81. The Morgan fingerprint density at radius 2 is 2.12 bits per heavy atom. The quantitative estimate of drug-likeness (QED) is 0.819. The van der Waals surface area contributed by atoms with Crippen molar-refractivity contribution < 1.29 is 9.53 Å². The summed E-state index contributed by atoms with van der Waals surface area (Å²) in [6.07, 6.45) is 0.894. The Kier molecular flexibility index (Phi) is 3.28. The zero-order chi connectivity index (χ0) is 12.3. The third-order valence-electron chi connectivity index (χ3n) is 2.70. The Hall–Kier alpha value is -2.03. The van der Waals surface area contributed by atoms with E-state index in [1.165, 1.54) is 0 Å². The van der Waals surface area contributed by atoms with E-state index in [4.69, 9.17) is 4.74 Å². The monoisotopic (exact) mass is 229 g/mol.